The average molecular weight is 288 g/mol. The van der Waals surface area contributed by atoms with E-state index in [0.717, 1.165) is 22.0 Å². The first-order valence-electron chi connectivity index (χ1n) is 6.39. The molecule has 0 atom stereocenters. The summed E-state index contributed by atoms with van der Waals surface area (Å²) in [4.78, 5) is 18.2. The van der Waals surface area contributed by atoms with Crippen molar-refractivity contribution in [2.24, 2.45) is 7.05 Å². The minimum Gasteiger partial charge on any atom is -0.378 e. The third-order valence-corrected chi connectivity index (χ3v) is 4.18. The molecule has 0 aliphatic heterocycles. The van der Waals surface area contributed by atoms with Gasteiger partial charge in [0.2, 0.25) is 5.56 Å². The zero-order chi connectivity index (χ0) is 14.3. The van der Waals surface area contributed by atoms with Gasteiger partial charge in [0.15, 0.2) is 4.96 Å². The van der Waals surface area contributed by atoms with Crippen molar-refractivity contribution in [1.82, 2.24) is 14.0 Å². The molecule has 0 fully saturated rings. The van der Waals surface area contributed by atoms with Crippen LogP contribution >= 0.6 is 11.3 Å². The van der Waals surface area contributed by atoms with Crippen molar-refractivity contribution in [3.05, 3.63) is 51.1 Å². The normalized spacial score (nSPS) is 11.2. The van der Waals surface area contributed by atoms with Gasteiger partial charge in [-0.05, 0) is 19.9 Å². The quantitative estimate of drug-likeness (QED) is 0.804. The highest BCUT2D eigenvalue weighted by atomic mass is 32.1. The number of nitrogens with zero attached hydrogens (tertiary/aromatic N) is 3. The van der Waals surface area contributed by atoms with Gasteiger partial charge < -0.3 is 9.88 Å². The van der Waals surface area contributed by atoms with E-state index >= 15 is 0 Å². The molecule has 0 aliphatic rings. The second-order valence-electron chi connectivity index (χ2n) is 4.86. The lowest BCUT2D eigenvalue weighted by molar-refractivity contribution is 0.857. The second-order valence-corrected chi connectivity index (χ2v) is 6.07. The number of aryl methyl sites for hydroxylation is 3. The number of hydrogen-bond acceptors (Lipinski definition) is 4. The Kier molecular flexibility index (Phi) is 3.10. The third-order valence-electron chi connectivity index (χ3n) is 3.29. The van der Waals surface area contributed by atoms with Crippen molar-refractivity contribution in [2.45, 2.75) is 20.4 Å². The lowest BCUT2D eigenvalue weighted by atomic mass is 10.3. The zero-order valence-electron chi connectivity index (χ0n) is 11.7. The number of aromatic nitrogens is 3. The maximum Gasteiger partial charge on any atom is 0.250 e. The molecule has 0 aliphatic carbocycles. The van der Waals surface area contributed by atoms with E-state index in [4.69, 9.17) is 0 Å². The van der Waals surface area contributed by atoms with Crippen molar-refractivity contribution in [3.63, 3.8) is 0 Å². The number of fused-ring (bicyclic) bond motifs is 1. The van der Waals surface area contributed by atoms with E-state index in [1.807, 2.05) is 6.92 Å². The van der Waals surface area contributed by atoms with Gasteiger partial charge in [-0.2, -0.15) is 0 Å². The van der Waals surface area contributed by atoms with Crippen LogP contribution in [0.2, 0.25) is 0 Å². The number of thiazole rings is 1. The van der Waals surface area contributed by atoms with E-state index in [-0.39, 0.29) is 5.56 Å². The van der Waals surface area contributed by atoms with Crippen LogP contribution in [0.15, 0.2) is 29.3 Å². The molecule has 0 unspecified atom stereocenters. The summed E-state index contributed by atoms with van der Waals surface area (Å²) in [6.45, 7) is 4.78. The minimum absolute atomic E-state index is 0.00747. The first-order chi connectivity index (χ1) is 9.54. The van der Waals surface area contributed by atoms with E-state index in [0.29, 0.717) is 6.54 Å². The first-order valence-corrected chi connectivity index (χ1v) is 7.21. The van der Waals surface area contributed by atoms with E-state index in [2.05, 4.69) is 27.8 Å². The number of nitrogens with one attached hydrogen (secondary N) is 1. The summed E-state index contributed by atoms with van der Waals surface area (Å²) >= 11 is 1.69. The maximum atomic E-state index is 11.4. The molecule has 3 rings (SSSR count). The fourth-order valence-electron chi connectivity index (χ4n) is 2.21. The van der Waals surface area contributed by atoms with Crippen molar-refractivity contribution in [1.29, 1.82) is 0 Å². The van der Waals surface area contributed by atoms with Gasteiger partial charge in [0.1, 0.15) is 0 Å². The summed E-state index contributed by atoms with van der Waals surface area (Å²) in [7, 11) is 1.75. The van der Waals surface area contributed by atoms with E-state index in [9.17, 15) is 4.79 Å². The van der Waals surface area contributed by atoms with Gasteiger partial charge in [0.25, 0.3) is 0 Å². The van der Waals surface area contributed by atoms with Gasteiger partial charge >= 0.3 is 0 Å². The zero-order valence-corrected chi connectivity index (χ0v) is 12.5. The van der Waals surface area contributed by atoms with Crippen LogP contribution in [0.5, 0.6) is 0 Å². The second kappa shape index (κ2) is 4.79. The van der Waals surface area contributed by atoms with Crippen LogP contribution in [-0.2, 0) is 13.6 Å². The van der Waals surface area contributed by atoms with Gasteiger partial charge in [-0.15, -0.1) is 11.3 Å². The minimum atomic E-state index is -0.00747. The Hall–Kier alpha value is -2.08. The Morgan fingerprint density at radius 2 is 2.10 bits per heavy atom. The molecule has 6 heteroatoms. The smallest absolute Gasteiger partial charge is 0.250 e. The van der Waals surface area contributed by atoms with Gasteiger partial charge in [0.05, 0.1) is 23.6 Å². The summed E-state index contributed by atoms with van der Waals surface area (Å²) in [5.74, 6) is 0. The number of pyridine rings is 1. The topological polar surface area (TPSA) is 51.3 Å². The number of imidazole rings is 1. The van der Waals surface area contributed by atoms with Crippen LogP contribution in [-0.4, -0.2) is 14.0 Å². The number of rotatable bonds is 3. The molecule has 5 nitrogen and oxygen atoms in total. The predicted octanol–water partition coefficient (Wildman–Crippen LogP) is 2.32. The molecule has 0 saturated carbocycles. The molecule has 0 spiro atoms. The standard InChI is InChI=1S/C14H16N4OS/c1-9-7-18-12(10(2)16-14(18)20-9)6-15-11-4-5-13(19)17(3)8-11/h4-5,7-8,15H,6H2,1-3H3. The van der Waals surface area contributed by atoms with Crippen molar-refractivity contribution < 1.29 is 0 Å². The summed E-state index contributed by atoms with van der Waals surface area (Å²) < 4.78 is 3.69. The van der Waals surface area contributed by atoms with Gasteiger partial charge in [-0.1, -0.05) is 0 Å². The first kappa shape index (κ1) is 12.9. The lowest BCUT2D eigenvalue weighted by Crippen LogP contribution is -2.15. The Morgan fingerprint density at radius 3 is 2.85 bits per heavy atom. The highest BCUT2D eigenvalue weighted by Gasteiger charge is 2.10. The Labute approximate surface area is 120 Å². The molecule has 1 N–H and O–H groups in total. The van der Waals surface area contributed by atoms with Crippen molar-refractivity contribution in [2.75, 3.05) is 5.32 Å². The Morgan fingerprint density at radius 1 is 1.30 bits per heavy atom. The molecule has 0 radical (unpaired) electrons. The highest BCUT2D eigenvalue weighted by Crippen LogP contribution is 2.21. The molecule has 3 aromatic heterocycles. The van der Waals surface area contributed by atoms with Crippen molar-refractivity contribution in [3.8, 4) is 0 Å². The van der Waals surface area contributed by atoms with E-state index < -0.39 is 0 Å². The Balaban J connectivity index is 1.87. The van der Waals surface area contributed by atoms with Crippen LogP contribution in [0.4, 0.5) is 5.69 Å². The molecule has 0 bridgehead atoms. The van der Waals surface area contributed by atoms with Crippen LogP contribution in [0.3, 0.4) is 0 Å². The largest absolute Gasteiger partial charge is 0.378 e. The summed E-state index contributed by atoms with van der Waals surface area (Å²) in [6.07, 6.45) is 3.91. The number of anilines is 1. The van der Waals surface area contributed by atoms with Gasteiger partial charge in [-0.25, -0.2) is 4.98 Å². The maximum absolute atomic E-state index is 11.4. The summed E-state index contributed by atoms with van der Waals surface area (Å²) in [6, 6.07) is 3.37. The molecule has 20 heavy (non-hydrogen) atoms. The summed E-state index contributed by atoms with van der Waals surface area (Å²) in [5.41, 5.74) is 3.10. The third kappa shape index (κ3) is 2.22. The van der Waals surface area contributed by atoms with Crippen LogP contribution < -0.4 is 10.9 Å². The van der Waals surface area contributed by atoms with Gasteiger partial charge in [0, 0.05) is 30.4 Å². The molecule has 0 aromatic carbocycles. The molecule has 3 heterocycles. The fraction of sp³-hybridized carbons (Fsp3) is 0.286. The van der Waals surface area contributed by atoms with Crippen molar-refractivity contribution >= 4 is 22.0 Å². The highest BCUT2D eigenvalue weighted by molar-refractivity contribution is 7.17. The van der Waals surface area contributed by atoms with E-state index in [1.54, 1.807) is 41.3 Å². The molecular weight excluding hydrogens is 272 g/mol. The molecule has 0 saturated heterocycles. The van der Waals surface area contributed by atoms with Gasteiger partial charge in [-0.3, -0.25) is 9.20 Å². The monoisotopic (exact) mass is 288 g/mol. The average Bonchev–Trinajstić information content (AvgIpc) is 2.87. The lowest BCUT2D eigenvalue weighted by Gasteiger charge is -2.07. The predicted molar refractivity (Wildman–Crippen MR) is 81.6 cm³/mol. The molecule has 0 amide bonds. The molecular formula is C14H16N4OS. The van der Waals surface area contributed by atoms with Crippen LogP contribution in [0, 0.1) is 13.8 Å². The van der Waals surface area contributed by atoms with Crippen LogP contribution in [0.1, 0.15) is 16.3 Å². The fourth-order valence-corrected chi connectivity index (χ4v) is 3.10. The molecule has 104 valence electrons. The molecule has 3 aromatic rings. The van der Waals surface area contributed by atoms with E-state index in [1.165, 1.54) is 4.88 Å². The Bertz CT molecular complexity index is 827. The SMILES string of the molecule is Cc1cn2c(CNc3ccc(=O)n(C)c3)c(C)nc2s1. The number of hydrogen-bond donors (Lipinski definition) is 1. The summed E-state index contributed by atoms with van der Waals surface area (Å²) in [5, 5.41) is 3.34. The van der Waals surface area contributed by atoms with Crippen LogP contribution in [0.25, 0.3) is 4.96 Å².